The molecule has 0 N–H and O–H groups in total. The number of benzene rings is 1. The Morgan fingerprint density at radius 3 is 1.35 bits per heavy atom. The van der Waals surface area contributed by atoms with E-state index in [1.54, 1.807) is 27.7 Å². The van der Waals surface area contributed by atoms with E-state index in [4.69, 9.17) is 28.4 Å². The smallest absolute Gasteiger partial charge is 0.334 e. The van der Waals surface area contributed by atoms with E-state index >= 15 is 0 Å². The van der Waals surface area contributed by atoms with Crippen molar-refractivity contribution in [2.75, 3.05) is 13.2 Å². The van der Waals surface area contributed by atoms with Gasteiger partial charge in [0.2, 0.25) is 0 Å². The minimum atomic E-state index is -0.985. The van der Waals surface area contributed by atoms with E-state index in [2.05, 4.69) is 0 Å². The molecule has 4 heterocycles. The molecule has 212 valence electrons. The minimum absolute atomic E-state index is 0.138. The maximum absolute atomic E-state index is 13.2. The monoisotopic (exact) mass is 552 g/mol. The van der Waals surface area contributed by atoms with Crippen LogP contribution < -0.4 is 0 Å². The first kappa shape index (κ1) is 26.4. The van der Waals surface area contributed by atoms with Crippen LogP contribution in [0.5, 0.6) is 0 Å². The molecule has 6 aliphatic rings. The molecule has 7 rings (SSSR count). The summed E-state index contributed by atoms with van der Waals surface area (Å²) in [5.41, 5.74) is -2.04. The van der Waals surface area contributed by atoms with Gasteiger partial charge in [-0.2, -0.15) is 0 Å². The predicted molar refractivity (Wildman–Crippen MR) is 136 cm³/mol. The molecule has 2 unspecified atom stereocenters. The predicted octanol–water partition coefficient (Wildman–Crippen LogP) is 3.27. The van der Waals surface area contributed by atoms with Crippen LogP contribution in [0, 0.1) is 22.7 Å². The lowest BCUT2D eigenvalue weighted by atomic mass is 9.51. The van der Waals surface area contributed by atoms with Crippen molar-refractivity contribution < 1.29 is 47.6 Å². The second-order valence-electron chi connectivity index (χ2n) is 12.3. The zero-order valence-electron chi connectivity index (χ0n) is 22.9. The van der Waals surface area contributed by atoms with Crippen LogP contribution in [0.2, 0.25) is 0 Å². The third-order valence-electron chi connectivity index (χ3n) is 9.01. The van der Waals surface area contributed by atoms with Crippen LogP contribution in [-0.4, -0.2) is 48.3 Å². The maximum Gasteiger partial charge on any atom is 0.334 e. The Kier molecular flexibility index (Phi) is 5.84. The molecule has 1 aromatic carbocycles. The first-order valence-corrected chi connectivity index (χ1v) is 13.4. The van der Waals surface area contributed by atoms with E-state index < -0.39 is 57.7 Å². The van der Waals surface area contributed by atoms with Gasteiger partial charge in [-0.15, -0.1) is 0 Å². The molecule has 0 amide bonds. The topological polar surface area (TPSA) is 124 Å². The largest absolute Gasteiger partial charge is 0.492 e. The highest BCUT2D eigenvalue weighted by Gasteiger charge is 2.70. The SMILES string of the molecule is C[C@@]12C[C@]3(C)C(=O)OCCOC(=O)[C@@]4(C)C[C@]5(C)OC(=O)C=C(OCc6ccc(cc6)COC(=CC(=O)O1)C23)C54. The molecule has 40 heavy (non-hydrogen) atoms. The van der Waals surface area contributed by atoms with Crippen LogP contribution in [0.4, 0.5) is 0 Å². The summed E-state index contributed by atoms with van der Waals surface area (Å²) in [4.78, 5) is 51.1. The molecule has 2 aliphatic carbocycles. The van der Waals surface area contributed by atoms with Crippen LogP contribution in [0.25, 0.3) is 0 Å². The van der Waals surface area contributed by atoms with Crippen LogP contribution in [0.3, 0.4) is 0 Å². The van der Waals surface area contributed by atoms with Crippen molar-refractivity contribution in [3.63, 3.8) is 0 Å². The zero-order valence-corrected chi connectivity index (χ0v) is 22.9. The molecule has 10 nitrogen and oxygen atoms in total. The highest BCUT2D eigenvalue weighted by Crippen LogP contribution is 2.62. The number of hydrogen-bond acceptors (Lipinski definition) is 10. The van der Waals surface area contributed by atoms with Gasteiger partial charge in [0, 0.05) is 12.8 Å². The Hall–Kier alpha value is -3.82. The van der Waals surface area contributed by atoms with Gasteiger partial charge in [-0.05, 0) is 38.8 Å². The van der Waals surface area contributed by atoms with Gasteiger partial charge >= 0.3 is 23.9 Å². The molecule has 0 aromatic heterocycles. The highest BCUT2D eigenvalue weighted by molar-refractivity contribution is 5.88. The maximum atomic E-state index is 13.2. The Bertz CT molecular complexity index is 1260. The van der Waals surface area contributed by atoms with Crippen molar-refractivity contribution in [2.24, 2.45) is 22.7 Å². The molecule has 4 aliphatic heterocycles. The minimum Gasteiger partial charge on any atom is -0.492 e. The number of fused-ring (bicyclic) bond motifs is 9. The molecule has 6 atom stereocenters. The van der Waals surface area contributed by atoms with E-state index in [-0.39, 0.29) is 39.3 Å². The molecular formula is C30H32O10. The molecular weight excluding hydrogens is 520 g/mol. The summed E-state index contributed by atoms with van der Waals surface area (Å²) in [7, 11) is 0. The van der Waals surface area contributed by atoms with Crippen molar-refractivity contribution in [1.29, 1.82) is 0 Å². The van der Waals surface area contributed by atoms with Crippen molar-refractivity contribution >= 4 is 23.9 Å². The Morgan fingerprint density at radius 1 is 0.600 bits per heavy atom. The lowest BCUT2D eigenvalue weighted by molar-refractivity contribution is -0.229. The average molecular weight is 553 g/mol. The van der Waals surface area contributed by atoms with E-state index in [9.17, 15) is 19.2 Å². The van der Waals surface area contributed by atoms with Gasteiger partial charge in [-0.1, -0.05) is 24.3 Å². The molecule has 0 saturated heterocycles. The van der Waals surface area contributed by atoms with Gasteiger partial charge in [-0.25, -0.2) is 9.59 Å². The van der Waals surface area contributed by atoms with Crippen molar-refractivity contribution in [3.05, 3.63) is 59.1 Å². The van der Waals surface area contributed by atoms with Crippen molar-refractivity contribution in [2.45, 2.75) is 65.0 Å². The second-order valence-corrected chi connectivity index (χ2v) is 12.3. The molecule has 2 bridgehead atoms. The molecule has 2 fully saturated rings. The molecule has 10 heteroatoms. The Morgan fingerprint density at radius 2 is 0.975 bits per heavy atom. The van der Waals surface area contributed by atoms with Crippen molar-refractivity contribution in [1.82, 2.24) is 0 Å². The van der Waals surface area contributed by atoms with Crippen LogP contribution in [-0.2, 0) is 60.8 Å². The summed E-state index contributed by atoms with van der Waals surface area (Å²) < 4.78 is 34.4. The van der Waals surface area contributed by atoms with E-state index in [1.807, 2.05) is 24.3 Å². The fraction of sp³-hybridized carbons (Fsp3) is 0.533. The fourth-order valence-electron chi connectivity index (χ4n) is 7.58. The van der Waals surface area contributed by atoms with Gasteiger partial charge in [0.05, 0.1) is 34.8 Å². The van der Waals surface area contributed by atoms with Crippen molar-refractivity contribution in [3.8, 4) is 0 Å². The standard InChI is InChI=1S/C30H32O10/c1-27-15-29(3)23(27)19(11-21(31)39-29)37-13-17-5-7-18(8-6-17)14-38-20-12-22(32)40-30(4)16-28(2,24(20)30)26(34)36-10-9-35-25(27)33/h5-8,11-12,23-24H,9-10,13-16H2,1-4H3/t23?,24?,27-,28-,29-,30-/m0/s1. The van der Waals surface area contributed by atoms with Gasteiger partial charge in [0.15, 0.2) is 0 Å². The fourth-order valence-corrected chi connectivity index (χ4v) is 7.58. The molecule has 0 radical (unpaired) electrons. The molecule has 0 spiro atoms. The molecule has 1 aromatic rings. The number of hydrogen-bond donors (Lipinski definition) is 0. The van der Waals surface area contributed by atoms with Crippen LogP contribution >= 0.6 is 0 Å². The molecule has 2 saturated carbocycles. The van der Waals surface area contributed by atoms with E-state index in [0.717, 1.165) is 11.1 Å². The highest BCUT2D eigenvalue weighted by atomic mass is 16.6. The normalized spacial score (nSPS) is 39.0. The summed E-state index contributed by atoms with van der Waals surface area (Å²) in [6, 6.07) is 7.52. The zero-order chi connectivity index (χ0) is 28.5. The lowest BCUT2D eigenvalue weighted by Gasteiger charge is -2.58. The third-order valence-corrected chi connectivity index (χ3v) is 9.01. The summed E-state index contributed by atoms with van der Waals surface area (Å²) in [5, 5.41) is 0. The number of carbonyl (C=O) groups excluding carboxylic acids is 4. The quantitative estimate of drug-likeness (QED) is 0.350. The first-order valence-electron chi connectivity index (χ1n) is 13.4. The Balaban J connectivity index is 1.29. The third kappa shape index (κ3) is 3.98. The summed E-state index contributed by atoms with van der Waals surface area (Å²) in [6.45, 7) is 7.19. The van der Waals surface area contributed by atoms with Gasteiger partial charge in [0.1, 0.15) is 49.1 Å². The number of rotatable bonds is 0. The Labute approximate surface area is 231 Å². The second kappa shape index (κ2) is 8.84. The van der Waals surface area contributed by atoms with Crippen LogP contribution in [0.1, 0.15) is 51.7 Å². The lowest BCUT2D eigenvalue weighted by Crippen LogP contribution is -2.66. The van der Waals surface area contributed by atoms with Gasteiger partial charge in [-0.3, -0.25) is 9.59 Å². The van der Waals surface area contributed by atoms with E-state index in [0.29, 0.717) is 11.5 Å². The first-order chi connectivity index (χ1) is 18.9. The number of carbonyl (C=O) groups is 4. The summed E-state index contributed by atoms with van der Waals surface area (Å²) in [6.07, 6.45) is 3.13. The van der Waals surface area contributed by atoms with Gasteiger partial charge in [0.25, 0.3) is 0 Å². The summed E-state index contributed by atoms with van der Waals surface area (Å²) in [5.74, 6) is -2.29. The van der Waals surface area contributed by atoms with Gasteiger partial charge < -0.3 is 28.4 Å². The average Bonchev–Trinajstić information content (AvgIpc) is 2.86. The van der Waals surface area contributed by atoms with Crippen LogP contribution in [0.15, 0.2) is 47.9 Å². The number of esters is 4. The van der Waals surface area contributed by atoms with E-state index in [1.165, 1.54) is 12.2 Å². The summed E-state index contributed by atoms with van der Waals surface area (Å²) >= 11 is 0. The number of ether oxygens (including phenoxy) is 6.